The third kappa shape index (κ3) is 3.85. The number of rotatable bonds is 3. The highest BCUT2D eigenvalue weighted by atomic mass is 19.4. The maximum Gasteiger partial charge on any atom is 0.416 e. The molecular formula is C18H16F3N7. The molecule has 0 bridgehead atoms. The molecular weight excluding hydrogens is 371 g/mol. The third-order valence-corrected chi connectivity index (χ3v) is 4.49. The predicted octanol–water partition coefficient (Wildman–Crippen LogP) is 2.67. The first kappa shape index (κ1) is 18.1. The Morgan fingerprint density at radius 3 is 2.21 bits per heavy atom. The van der Waals surface area contributed by atoms with E-state index in [1.54, 1.807) is 18.6 Å². The maximum absolute atomic E-state index is 12.7. The average molecular weight is 387 g/mol. The number of alkyl halides is 3. The van der Waals surface area contributed by atoms with Gasteiger partial charge in [0.1, 0.15) is 5.82 Å². The van der Waals surface area contributed by atoms with Gasteiger partial charge in [0.15, 0.2) is 0 Å². The van der Waals surface area contributed by atoms with Gasteiger partial charge in [-0.1, -0.05) is 12.1 Å². The fraction of sp³-hybridized carbons (Fsp3) is 0.278. The Morgan fingerprint density at radius 1 is 0.857 bits per heavy atom. The molecule has 1 aliphatic rings. The molecule has 0 atom stereocenters. The normalized spacial score (nSPS) is 15.0. The van der Waals surface area contributed by atoms with Crippen LogP contribution in [0.2, 0.25) is 0 Å². The van der Waals surface area contributed by atoms with Gasteiger partial charge in [0.2, 0.25) is 5.95 Å². The summed E-state index contributed by atoms with van der Waals surface area (Å²) >= 11 is 0. The molecule has 0 N–H and O–H groups in total. The lowest BCUT2D eigenvalue weighted by atomic mass is 10.1. The van der Waals surface area contributed by atoms with Gasteiger partial charge < -0.3 is 9.80 Å². The van der Waals surface area contributed by atoms with E-state index in [0.29, 0.717) is 30.3 Å². The molecule has 1 aliphatic heterocycles. The summed E-state index contributed by atoms with van der Waals surface area (Å²) in [6.07, 6.45) is 2.09. The van der Waals surface area contributed by atoms with Crippen LogP contribution in [0.4, 0.5) is 24.9 Å². The number of benzene rings is 1. The zero-order valence-corrected chi connectivity index (χ0v) is 14.7. The fourth-order valence-electron chi connectivity index (χ4n) is 2.99. The van der Waals surface area contributed by atoms with Crippen molar-refractivity contribution in [1.82, 2.24) is 25.1 Å². The van der Waals surface area contributed by atoms with Gasteiger partial charge >= 0.3 is 6.18 Å². The van der Waals surface area contributed by atoms with E-state index in [1.807, 2.05) is 4.90 Å². The second-order valence-electron chi connectivity index (χ2n) is 6.25. The molecule has 144 valence electrons. The van der Waals surface area contributed by atoms with Crippen molar-refractivity contribution in [3.8, 4) is 11.3 Å². The summed E-state index contributed by atoms with van der Waals surface area (Å²) in [6.45, 7) is 2.81. The van der Waals surface area contributed by atoms with E-state index in [-0.39, 0.29) is 0 Å². The van der Waals surface area contributed by atoms with Crippen LogP contribution in [0, 0.1) is 0 Å². The average Bonchev–Trinajstić information content (AvgIpc) is 2.74. The van der Waals surface area contributed by atoms with Crippen LogP contribution in [0.3, 0.4) is 0 Å². The lowest BCUT2D eigenvalue weighted by Gasteiger charge is -2.34. The Hall–Kier alpha value is -3.30. The predicted molar refractivity (Wildman–Crippen MR) is 96.7 cm³/mol. The summed E-state index contributed by atoms with van der Waals surface area (Å²) in [5, 5.41) is 8.05. The highest BCUT2D eigenvalue weighted by molar-refractivity contribution is 5.60. The number of hydrogen-bond acceptors (Lipinski definition) is 7. The van der Waals surface area contributed by atoms with Crippen molar-refractivity contribution >= 4 is 11.8 Å². The van der Waals surface area contributed by atoms with Crippen molar-refractivity contribution < 1.29 is 13.2 Å². The van der Waals surface area contributed by atoms with Gasteiger partial charge in [-0.05, 0) is 12.1 Å². The fourth-order valence-corrected chi connectivity index (χ4v) is 2.99. The summed E-state index contributed by atoms with van der Waals surface area (Å²) in [5.74, 6) is 1.27. The Labute approximate surface area is 158 Å². The van der Waals surface area contributed by atoms with E-state index in [4.69, 9.17) is 0 Å². The second-order valence-corrected chi connectivity index (χ2v) is 6.25. The summed E-state index contributed by atoms with van der Waals surface area (Å²) in [7, 11) is 0. The maximum atomic E-state index is 12.7. The highest BCUT2D eigenvalue weighted by Gasteiger charge is 2.30. The van der Waals surface area contributed by atoms with E-state index in [9.17, 15) is 13.2 Å². The molecule has 3 aromatic rings. The summed E-state index contributed by atoms with van der Waals surface area (Å²) < 4.78 is 38.2. The van der Waals surface area contributed by atoms with Crippen LogP contribution < -0.4 is 9.80 Å². The van der Waals surface area contributed by atoms with E-state index in [2.05, 4.69) is 30.0 Å². The number of aromatic nitrogens is 5. The van der Waals surface area contributed by atoms with Gasteiger partial charge in [-0.15, -0.1) is 5.10 Å². The van der Waals surface area contributed by atoms with Gasteiger partial charge in [0.25, 0.3) is 0 Å². The molecule has 0 amide bonds. The van der Waals surface area contributed by atoms with Crippen LogP contribution >= 0.6 is 0 Å². The first-order valence-electron chi connectivity index (χ1n) is 8.64. The topological polar surface area (TPSA) is 70.9 Å². The van der Waals surface area contributed by atoms with Crippen LogP contribution in [0.15, 0.2) is 49.1 Å². The Morgan fingerprint density at radius 2 is 1.57 bits per heavy atom. The Kier molecular flexibility index (Phi) is 4.76. The molecule has 0 radical (unpaired) electrons. The third-order valence-electron chi connectivity index (χ3n) is 4.49. The van der Waals surface area contributed by atoms with Crippen LogP contribution in [0.1, 0.15) is 5.56 Å². The standard InChI is InChI=1S/C18H16F3N7/c19-18(20,21)14-3-1-13(2-4-14)15-11-24-26-17(25-15)28-9-7-27(8-10-28)16-12-22-5-6-23-16/h1-6,11-12H,7-10H2. The summed E-state index contributed by atoms with van der Waals surface area (Å²) in [4.78, 5) is 17.0. The van der Waals surface area contributed by atoms with Gasteiger partial charge in [0.05, 0.1) is 23.7 Å². The highest BCUT2D eigenvalue weighted by Crippen LogP contribution is 2.30. The van der Waals surface area contributed by atoms with Gasteiger partial charge in [0, 0.05) is 44.1 Å². The molecule has 3 heterocycles. The second kappa shape index (κ2) is 7.37. The molecule has 28 heavy (non-hydrogen) atoms. The van der Waals surface area contributed by atoms with Crippen molar-refractivity contribution in [3.05, 3.63) is 54.6 Å². The number of nitrogens with zero attached hydrogens (tertiary/aromatic N) is 7. The lowest BCUT2D eigenvalue weighted by molar-refractivity contribution is -0.137. The molecule has 1 fully saturated rings. The van der Waals surface area contributed by atoms with E-state index in [0.717, 1.165) is 31.0 Å². The minimum Gasteiger partial charge on any atom is -0.352 e. The summed E-state index contributed by atoms with van der Waals surface area (Å²) in [5.41, 5.74) is 0.344. The van der Waals surface area contributed by atoms with Crippen LogP contribution in [0.25, 0.3) is 11.3 Å². The van der Waals surface area contributed by atoms with Crippen LogP contribution in [-0.2, 0) is 6.18 Å². The van der Waals surface area contributed by atoms with Gasteiger partial charge in [-0.2, -0.15) is 18.3 Å². The van der Waals surface area contributed by atoms with E-state index >= 15 is 0 Å². The van der Waals surface area contributed by atoms with Crippen molar-refractivity contribution in [2.24, 2.45) is 0 Å². The first-order valence-corrected chi connectivity index (χ1v) is 8.64. The molecule has 1 saturated heterocycles. The molecule has 2 aromatic heterocycles. The molecule has 7 nitrogen and oxygen atoms in total. The molecule has 10 heteroatoms. The largest absolute Gasteiger partial charge is 0.416 e. The smallest absolute Gasteiger partial charge is 0.352 e. The first-order chi connectivity index (χ1) is 13.5. The van der Waals surface area contributed by atoms with E-state index < -0.39 is 11.7 Å². The van der Waals surface area contributed by atoms with Crippen molar-refractivity contribution in [2.45, 2.75) is 6.18 Å². The van der Waals surface area contributed by atoms with Gasteiger partial charge in [-0.25, -0.2) is 9.97 Å². The number of halogens is 3. The van der Waals surface area contributed by atoms with Crippen molar-refractivity contribution in [1.29, 1.82) is 0 Å². The zero-order valence-electron chi connectivity index (χ0n) is 14.7. The minimum absolute atomic E-state index is 0.455. The van der Waals surface area contributed by atoms with Crippen LogP contribution in [0.5, 0.6) is 0 Å². The molecule has 0 spiro atoms. The Bertz CT molecular complexity index is 924. The quantitative estimate of drug-likeness (QED) is 0.684. The molecule has 0 unspecified atom stereocenters. The number of anilines is 2. The zero-order chi connectivity index (χ0) is 19.6. The lowest BCUT2D eigenvalue weighted by Crippen LogP contribution is -2.47. The number of piperazine rings is 1. The monoisotopic (exact) mass is 387 g/mol. The molecule has 0 saturated carbocycles. The minimum atomic E-state index is -4.36. The van der Waals surface area contributed by atoms with Crippen molar-refractivity contribution in [2.75, 3.05) is 36.0 Å². The molecule has 4 rings (SSSR count). The van der Waals surface area contributed by atoms with Crippen LogP contribution in [-0.4, -0.2) is 51.3 Å². The summed E-state index contributed by atoms with van der Waals surface area (Å²) in [6, 6.07) is 4.86. The van der Waals surface area contributed by atoms with Gasteiger partial charge in [-0.3, -0.25) is 4.98 Å². The number of hydrogen-bond donors (Lipinski definition) is 0. The van der Waals surface area contributed by atoms with Crippen molar-refractivity contribution in [3.63, 3.8) is 0 Å². The SMILES string of the molecule is FC(F)(F)c1ccc(-c2cnnc(N3CCN(c4cnccn4)CC3)n2)cc1. The molecule has 0 aliphatic carbocycles. The van der Waals surface area contributed by atoms with E-state index in [1.165, 1.54) is 18.3 Å². The Balaban J connectivity index is 1.47. The molecule has 1 aromatic carbocycles.